The molecule has 1 unspecified atom stereocenters. The van der Waals surface area contributed by atoms with Gasteiger partial charge in [0.25, 0.3) is 0 Å². The van der Waals surface area contributed by atoms with E-state index >= 15 is 0 Å². The lowest BCUT2D eigenvalue weighted by Crippen LogP contribution is -2.11. The Morgan fingerprint density at radius 1 is 1.78 bits per heavy atom. The molecule has 0 aromatic rings. The first kappa shape index (κ1) is 8.56. The van der Waals surface area contributed by atoms with E-state index in [1.54, 1.807) is 7.11 Å². The molecule has 0 N–H and O–H groups in total. The topological polar surface area (TPSA) is 38.7 Å². The van der Waals surface area contributed by atoms with Gasteiger partial charge < -0.3 is 4.43 Å². The molecule has 9 heavy (non-hydrogen) atoms. The van der Waals surface area contributed by atoms with Gasteiger partial charge in [-0.15, -0.1) is 0 Å². The van der Waals surface area contributed by atoms with Crippen LogP contribution in [0.1, 0.15) is 13.3 Å². The maximum absolute atomic E-state index is 9.71. The van der Waals surface area contributed by atoms with Crippen LogP contribution >= 0.6 is 0 Å². The molecule has 0 aliphatic carbocycles. The van der Waals surface area contributed by atoms with Crippen molar-refractivity contribution < 1.29 is 9.22 Å². The highest BCUT2D eigenvalue weighted by Crippen LogP contribution is 1.96. The van der Waals surface area contributed by atoms with Crippen LogP contribution in [-0.4, -0.2) is 22.4 Å². The van der Waals surface area contributed by atoms with Crippen molar-refractivity contribution in [2.45, 2.75) is 19.4 Å². The molecule has 0 heterocycles. The van der Waals surface area contributed by atoms with Gasteiger partial charge in [-0.3, -0.25) is 0 Å². The quantitative estimate of drug-likeness (QED) is 0.330. The molecule has 0 radical (unpaired) electrons. The van der Waals surface area contributed by atoms with E-state index in [9.17, 15) is 4.79 Å². The average molecular weight is 145 g/mol. The van der Waals surface area contributed by atoms with E-state index in [0.29, 0.717) is 0 Å². The van der Waals surface area contributed by atoms with Crippen molar-refractivity contribution in [2.75, 3.05) is 7.11 Å². The summed E-state index contributed by atoms with van der Waals surface area (Å²) in [6.07, 6.45) is 2.54. The molecule has 52 valence electrons. The van der Waals surface area contributed by atoms with E-state index in [4.69, 9.17) is 4.43 Å². The Hall–Kier alpha value is -0.443. The highest BCUT2D eigenvalue weighted by atomic mass is 28.3. The molecule has 0 aromatic heterocycles. The van der Waals surface area contributed by atoms with E-state index in [-0.39, 0.29) is 0 Å². The molecule has 0 rings (SSSR count). The lowest BCUT2D eigenvalue weighted by Gasteiger charge is -2.01. The number of hydrogen-bond donors (Lipinski definition) is 0. The monoisotopic (exact) mass is 145 g/mol. The fourth-order valence-electron chi connectivity index (χ4n) is 0.541. The Morgan fingerprint density at radius 2 is 2.44 bits per heavy atom. The fraction of sp³-hybridized carbons (Fsp3) is 0.800. The summed E-state index contributed by atoms with van der Waals surface area (Å²) in [6, 6.07) is 0.922. The largest absolute Gasteiger partial charge is 0.403 e. The highest BCUT2D eigenvalue weighted by Gasteiger charge is 2.04. The zero-order valence-corrected chi connectivity index (χ0v) is 6.91. The third-order valence-corrected chi connectivity index (χ3v) is 3.01. The number of nitrogens with zero attached hydrogens (tertiary/aromatic N) is 1. The van der Waals surface area contributed by atoms with Crippen LogP contribution in [0.3, 0.4) is 0 Å². The number of isocyanates is 1. The summed E-state index contributed by atoms with van der Waals surface area (Å²) in [6.45, 7) is 2.04. The van der Waals surface area contributed by atoms with Crippen LogP contribution in [0.4, 0.5) is 0 Å². The summed E-state index contributed by atoms with van der Waals surface area (Å²) in [5.41, 5.74) is 0. The first-order valence-electron chi connectivity index (χ1n) is 2.95. The van der Waals surface area contributed by atoms with Gasteiger partial charge in [-0.1, -0.05) is 13.3 Å². The van der Waals surface area contributed by atoms with Crippen LogP contribution < -0.4 is 0 Å². The van der Waals surface area contributed by atoms with Crippen molar-refractivity contribution in [1.82, 2.24) is 0 Å². The molecule has 0 aliphatic heterocycles. The van der Waals surface area contributed by atoms with Crippen LogP contribution in [-0.2, 0) is 9.22 Å². The van der Waals surface area contributed by atoms with Gasteiger partial charge in [-0.2, -0.15) is 0 Å². The summed E-state index contributed by atoms with van der Waals surface area (Å²) in [5.74, 6) is 0. The molecule has 4 heteroatoms. The van der Waals surface area contributed by atoms with Gasteiger partial charge in [0, 0.05) is 7.11 Å². The predicted octanol–water partition coefficient (Wildman–Crippen LogP) is 0.599. The lowest BCUT2D eigenvalue weighted by atomic mass is 10.6. The van der Waals surface area contributed by atoms with Gasteiger partial charge in [-0.25, -0.2) is 9.45 Å². The minimum Gasteiger partial charge on any atom is -0.403 e. The van der Waals surface area contributed by atoms with Gasteiger partial charge >= 0.3 is 9.20 Å². The second-order valence-electron chi connectivity index (χ2n) is 1.70. The summed E-state index contributed by atoms with van der Waals surface area (Å²) in [7, 11) is 0.0791. The lowest BCUT2D eigenvalue weighted by molar-refractivity contribution is 0.418. The zero-order valence-electron chi connectivity index (χ0n) is 5.76. The first-order chi connectivity index (χ1) is 4.35. The summed E-state index contributed by atoms with van der Waals surface area (Å²) < 4.78 is 8.48. The second-order valence-corrected chi connectivity index (χ2v) is 3.92. The maximum atomic E-state index is 9.71. The van der Waals surface area contributed by atoms with Gasteiger partial charge in [0.05, 0.1) is 0 Å². The molecule has 1 atom stereocenters. The number of hydrogen-bond acceptors (Lipinski definition) is 3. The summed E-state index contributed by atoms with van der Waals surface area (Å²) >= 11 is 0. The van der Waals surface area contributed by atoms with Crippen molar-refractivity contribution in [1.29, 1.82) is 0 Å². The molecular formula is C5H11NO2Si. The number of rotatable bonds is 4. The van der Waals surface area contributed by atoms with E-state index in [0.717, 1.165) is 12.5 Å². The zero-order chi connectivity index (χ0) is 7.11. The van der Waals surface area contributed by atoms with E-state index in [2.05, 4.69) is 4.66 Å². The smallest absolute Gasteiger partial charge is 0.317 e. The average Bonchev–Trinajstić information content (AvgIpc) is 1.88. The predicted molar refractivity (Wildman–Crippen MR) is 37.4 cm³/mol. The molecule has 0 amide bonds. The second kappa shape index (κ2) is 5.69. The van der Waals surface area contributed by atoms with E-state index < -0.39 is 9.20 Å². The Labute approximate surface area is 56.6 Å². The molecule has 0 aromatic carbocycles. The SMILES string of the molecule is CCC[SiH](N=C=O)OC. The van der Waals surface area contributed by atoms with Gasteiger partial charge in [0.15, 0.2) is 0 Å². The molecule has 0 fully saturated rings. The summed E-state index contributed by atoms with van der Waals surface area (Å²) in [5, 5.41) is 0. The Kier molecular flexibility index (Phi) is 5.41. The highest BCUT2D eigenvalue weighted by molar-refractivity contribution is 6.50. The van der Waals surface area contributed by atoms with Crippen molar-refractivity contribution in [2.24, 2.45) is 4.66 Å². The molecule has 3 nitrogen and oxygen atoms in total. The first-order valence-corrected chi connectivity index (χ1v) is 4.75. The van der Waals surface area contributed by atoms with Crippen LogP contribution in [0, 0.1) is 0 Å². The van der Waals surface area contributed by atoms with Crippen LogP contribution in [0.2, 0.25) is 6.04 Å². The van der Waals surface area contributed by atoms with Gasteiger partial charge in [-0.05, 0) is 6.04 Å². The molecule has 0 saturated carbocycles. The van der Waals surface area contributed by atoms with Crippen LogP contribution in [0.5, 0.6) is 0 Å². The minimum atomic E-state index is -1.51. The summed E-state index contributed by atoms with van der Waals surface area (Å²) in [4.78, 5) is 9.71. The van der Waals surface area contributed by atoms with Crippen LogP contribution in [0.15, 0.2) is 4.66 Å². The Bertz CT molecular complexity index is 112. The number of carbonyl (C=O) groups excluding carboxylic acids is 1. The molecule has 0 bridgehead atoms. The Balaban J connectivity index is 3.53. The molecular weight excluding hydrogens is 134 g/mol. The molecule has 0 spiro atoms. The minimum absolute atomic E-state index is 0.922. The van der Waals surface area contributed by atoms with Crippen molar-refractivity contribution in [3.05, 3.63) is 0 Å². The fourth-order valence-corrected chi connectivity index (χ4v) is 1.62. The molecule has 0 saturated heterocycles. The van der Waals surface area contributed by atoms with Crippen molar-refractivity contribution >= 4 is 15.3 Å². The van der Waals surface area contributed by atoms with Crippen molar-refractivity contribution in [3.63, 3.8) is 0 Å². The van der Waals surface area contributed by atoms with Gasteiger partial charge in [0.2, 0.25) is 6.08 Å². The maximum Gasteiger partial charge on any atom is 0.317 e. The third kappa shape index (κ3) is 4.09. The van der Waals surface area contributed by atoms with Crippen molar-refractivity contribution in [3.8, 4) is 0 Å². The third-order valence-electron chi connectivity index (χ3n) is 1.00. The van der Waals surface area contributed by atoms with Crippen LogP contribution in [0.25, 0.3) is 0 Å². The molecule has 0 aliphatic rings. The Morgan fingerprint density at radius 3 is 2.78 bits per heavy atom. The normalized spacial score (nSPS) is 12.2. The standard InChI is InChI=1S/C5H11NO2Si/c1-3-4-9(8-2)6-5-7/h9H,3-4H2,1-2H3. The van der Waals surface area contributed by atoms with Gasteiger partial charge in [0.1, 0.15) is 0 Å². The van der Waals surface area contributed by atoms with E-state index in [1.165, 1.54) is 6.08 Å². The van der Waals surface area contributed by atoms with E-state index in [1.807, 2.05) is 6.92 Å².